The highest BCUT2D eigenvalue weighted by atomic mass is 32.2. The molecule has 1 atom stereocenters. The van der Waals surface area contributed by atoms with Gasteiger partial charge in [-0.05, 0) is 30.3 Å². The maximum Gasteiger partial charge on any atom is 0.256 e. The molecule has 4 rings (SSSR count). The lowest BCUT2D eigenvalue weighted by atomic mass is 10.2. The Bertz CT molecular complexity index is 999. The van der Waals surface area contributed by atoms with Crippen LogP contribution in [0.2, 0.25) is 0 Å². The zero-order valence-corrected chi connectivity index (χ0v) is 15.0. The maximum atomic E-state index is 12.8. The predicted molar refractivity (Wildman–Crippen MR) is 100 cm³/mol. The second-order valence-corrected chi connectivity index (χ2v) is 7.39. The predicted octanol–water partition coefficient (Wildman–Crippen LogP) is 2.90. The van der Waals surface area contributed by atoms with Crippen LogP contribution in [-0.4, -0.2) is 27.0 Å². The number of carbonyl (C=O) groups is 1. The van der Waals surface area contributed by atoms with E-state index in [1.165, 1.54) is 0 Å². The number of benzene rings is 2. The van der Waals surface area contributed by atoms with Gasteiger partial charge in [-0.2, -0.15) is 5.10 Å². The number of methoxy groups -OCH3 is 1. The molecule has 1 aliphatic heterocycles. The van der Waals surface area contributed by atoms with Crippen molar-refractivity contribution in [2.24, 2.45) is 0 Å². The molecule has 0 radical (unpaired) electrons. The average molecular weight is 367 g/mol. The van der Waals surface area contributed by atoms with Gasteiger partial charge in [-0.1, -0.05) is 24.3 Å². The van der Waals surface area contributed by atoms with Crippen LogP contribution >= 0.6 is 0 Å². The standard InChI is InChI=1S/C19H17N3O3S/c1-25-15-9-5-6-13(10-15)19(23)20-18-16-11-26(24)12-17(16)21-22(18)14-7-3-2-4-8-14/h2-10H,11-12H2,1H3,(H,20,23). The number of para-hydroxylation sites is 1. The zero-order chi connectivity index (χ0) is 18.1. The summed E-state index contributed by atoms with van der Waals surface area (Å²) in [6.07, 6.45) is 0. The van der Waals surface area contributed by atoms with Gasteiger partial charge < -0.3 is 10.1 Å². The summed E-state index contributed by atoms with van der Waals surface area (Å²) in [5.41, 5.74) is 2.93. The van der Waals surface area contributed by atoms with Gasteiger partial charge in [0.1, 0.15) is 11.6 Å². The molecule has 1 unspecified atom stereocenters. The van der Waals surface area contributed by atoms with Crippen molar-refractivity contribution in [1.82, 2.24) is 9.78 Å². The van der Waals surface area contributed by atoms with E-state index >= 15 is 0 Å². The number of nitrogens with one attached hydrogen (secondary N) is 1. The minimum atomic E-state index is -0.975. The zero-order valence-electron chi connectivity index (χ0n) is 14.1. The van der Waals surface area contributed by atoms with Crippen molar-refractivity contribution in [2.75, 3.05) is 12.4 Å². The minimum Gasteiger partial charge on any atom is -0.497 e. The van der Waals surface area contributed by atoms with Crippen molar-refractivity contribution in [3.8, 4) is 11.4 Å². The van der Waals surface area contributed by atoms with Crippen molar-refractivity contribution in [3.05, 3.63) is 71.4 Å². The molecule has 26 heavy (non-hydrogen) atoms. The van der Waals surface area contributed by atoms with Crippen LogP contribution in [0, 0.1) is 0 Å². The van der Waals surface area contributed by atoms with E-state index in [2.05, 4.69) is 10.4 Å². The number of aromatic nitrogens is 2. The van der Waals surface area contributed by atoms with E-state index < -0.39 is 10.8 Å². The third-order valence-corrected chi connectivity index (χ3v) is 5.44. The summed E-state index contributed by atoms with van der Waals surface area (Å²) in [7, 11) is 0.585. The van der Waals surface area contributed by atoms with Gasteiger partial charge in [0.25, 0.3) is 5.91 Å². The molecule has 1 N–H and O–H groups in total. The molecule has 0 spiro atoms. The Balaban J connectivity index is 1.73. The summed E-state index contributed by atoms with van der Waals surface area (Å²) in [5.74, 6) is 1.74. The smallest absolute Gasteiger partial charge is 0.256 e. The van der Waals surface area contributed by atoms with Crippen LogP contribution in [-0.2, 0) is 22.3 Å². The molecule has 1 aromatic heterocycles. The highest BCUT2D eigenvalue weighted by molar-refractivity contribution is 7.83. The average Bonchev–Trinajstić information content (AvgIpc) is 3.19. The molecule has 1 amide bonds. The lowest BCUT2D eigenvalue weighted by Gasteiger charge is -2.11. The van der Waals surface area contributed by atoms with E-state index in [4.69, 9.17) is 4.74 Å². The van der Waals surface area contributed by atoms with Crippen LogP contribution in [0.3, 0.4) is 0 Å². The molecule has 1 aliphatic rings. The van der Waals surface area contributed by atoms with E-state index in [-0.39, 0.29) is 5.91 Å². The number of rotatable bonds is 4. The van der Waals surface area contributed by atoms with Crippen LogP contribution < -0.4 is 10.1 Å². The van der Waals surface area contributed by atoms with E-state index in [0.717, 1.165) is 16.9 Å². The maximum absolute atomic E-state index is 12.8. The number of hydrogen-bond donors (Lipinski definition) is 1. The fraction of sp³-hybridized carbons (Fsp3) is 0.158. The molecule has 6 nitrogen and oxygen atoms in total. The monoisotopic (exact) mass is 367 g/mol. The first-order valence-electron chi connectivity index (χ1n) is 8.12. The van der Waals surface area contributed by atoms with Crippen LogP contribution in [0.5, 0.6) is 5.75 Å². The third-order valence-electron chi connectivity index (χ3n) is 4.23. The molecule has 2 aromatic carbocycles. The number of nitrogens with zero attached hydrogens (tertiary/aromatic N) is 2. The number of fused-ring (bicyclic) bond motifs is 1. The second-order valence-electron chi connectivity index (χ2n) is 5.94. The first-order valence-corrected chi connectivity index (χ1v) is 9.61. The molecule has 0 saturated heterocycles. The Hall–Kier alpha value is -2.93. The van der Waals surface area contributed by atoms with E-state index in [0.29, 0.717) is 28.6 Å². The van der Waals surface area contributed by atoms with Gasteiger partial charge in [0.15, 0.2) is 0 Å². The molecule has 2 heterocycles. The van der Waals surface area contributed by atoms with Crippen molar-refractivity contribution < 1.29 is 13.7 Å². The number of anilines is 1. The molecule has 132 valence electrons. The molecular formula is C19H17N3O3S. The summed E-state index contributed by atoms with van der Waals surface area (Å²) >= 11 is 0. The summed E-state index contributed by atoms with van der Waals surface area (Å²) < 4.78 is 18.8. The Morgan fingerprint density at radius 2 is 1.96 bits per heavy atom. The molecule has 0 aliphatic carbocycles. The number of ether oxygens (including phenoxy) is 1. The Morgan fingerprint density at radius 1 is 1.15 bits per heavy atom. The van der Waals surface area contributed by atoms with Crippen LogP contribution in [0.4, 0.5) is 5.82 Å². The van der Waals surface area contributed by atoms with E-state index in [9.17, 15) is 9.00 Å². The summed E-state index contributed by atoms with van der Waals surface area (Å²) in [5, 5.41) is 7.53. The van der Waals surface area contributed by atoms with Crippen LogP contribution in [0.1, 0.15) is 21.6 Å². The van der Waals surface area contributed by atoms with Gasteiger partial charge in [-0.3, -0.25) is 9.00 Å². The number of carbonyl (C=O) groups excluding carboxylic acids is 1. The van der Waals surface area contributed by atoms with Crippen molar-refractivity contribution >= 4 is 22.5 Å². The molecule has 0 saturated carbocycles. The van der Waals surface area contributed by atoms with Crippen molar-refractivity contribution in [1.29, 1.82) is 0 Å². The van der Waals surface area contributed by atoms with Crippen LogP contribution in [0.15, 0.2) is 54.6 Å². The first-order chi connectivity index (χ1) is 12.7. The van der Waals surface area contributed by atoms with Crippen molar-refractivity contribution in [2.45, 2.75) is 11.5 Å². The molecule has 0 fully saturated rings. The van der Waals surface area contributed by atoms with Crippen LogP contribution in [0.25, 0.3) is 5.69 Å². The fourth-order valence-electron chi connectivity index (χ4n) is 2.96. The van der Waals surface area contributed by atoms with Gasteiger partial charge in [-0.15, -0.1) is 0 Å². The summed E-state index contributed by atoms with van der Waals surface area (Å²) in [6, 6.07) is 16.5. The van der Waals surface area contributed by atoms with Gasteiger partial charge in [0.2, 0.25) is 0 Å². The fourth-order valence-corrected chi connectivity index (χ4v) is 4.22. The third kappa shape index (κ3) is 3.01. The number of hydrogen-bond acceptors (Lipinski definition) is 4. The second kappa shape index (κ2) is 6.76. The summed E-state index contributed by atoms with van der Waals surface area (Å²) in [6.45, 7) is 0. The van der Waals surface area contributed by atoms with E-state index in [1.54, 1.807) is 36.1 Å². The Morgan fingerprint density at radius 3 is 2.73 bits per heavy atom. The number of amides is 1. The SMILES string of the molecule is COc1cccc(C(=O)Nc2c3c(nn2-c2ccccc2)CS(=O)C3)c1. The molecule has 7 heteroatoms. The molecular weight excluding hydrogens is 350 g/mol. The minimum absolute atomic E-state index is 0.263. The van der Waals surface area contributed by atoms with Gasteiger partial charge in [-0.25, -0.2) is 4.68 Å². The topological polar surface area (TPSA) is 73.2 Å². The normalized spacial score (nSPS) is 15.5. The Labute approximate surface area is 153 Å². The van der Waals surface area contributed by atoms with E-state index in [1.807, 2.05) is 30.3 Å². The lowest BCUT2D eigenvalue weighted by Crippen LogP contribution is -2.16. The quantitative estimate of drug-likeness (QED) is 0.770. The van der Waals surface area contributed by atoms with Gasteiger partial charge in [0.05, 0.1) is 30.0 Å². The lowest BCUT2D eigenvalue weighted by molar-refractivity contribution is 0.102. The first kappa shape index (κ1) is 16.5. The highest BCUT2D eigenvalue weighted by Crippen LogP contribution is 2.31. The highest BCUT2D eigenvalue weighted by Gasteiger charge is 2.28. The van der Waals surface area contributed by atoms with Crippen molar-refractivity contribution in [3.63, 3.8) is 0 Å². The largest absolute Gasteiger partial charge is 0.497 e. The van der Waals surface area contributed by atoms with Gasteiger partial charge in [0, 0.05) is 21.9 Å². The summed E-state index contributed by atoms with van der Waals surface area (Å²) in [4.78, 5) is 12.8. The Kier molecular flexibility index (Phi) is 4.30. The van der Waals surface area contributed by atoms with Gasteiger partial charge >= 0.3 is 0 Å². The molecule has 3 aromatic rings. The molecule has 0 bridgehead atoms.